The molecule has 0 aliphatic carbocycles. The van der Waals surface area contributed by atoms with E-state index in [1.165, 1.54) is 0 Å². The summed E-state index contributed by atoms with van der Waals surface area (Å²) in [7, 11) is 0. The Morgan fingerprint density at radius 3 is 0.612 bits per heavy atom. The van der Waals surface area contributed by atoms with Crippen molar-refractivity contribution in [1.82, 2.24) is 0 Å². The van der Waals surface area contributed by atoms with Crippen LogP contribution < -0.4 is 0 Å². The lowest BCUT2D eigenvalue weighted by Gasteiger charge is -2.44. The highest BCUT2D eigenvalue weighted by atomic mass is 19.4. The van der Waals surface area contributed by atoms with E-state index in [0.29, 0.717) is 11.7 Å². The third-order valence-electron chi connectivity index (χ3n) is 5.16. The molecular formula is C16H2F31O2. The van der Waals surface area contributed by atoms with Gasteiger partial charge >= 0.3 is 89.8 Å². The molecule has 2 nitrogen and oxygen atoms in total. The van der Waals surface area contributed by atoms with Gasteiger partial charge in [0.15, 0.2) is 0 Å². The Morgan fingerprint density at radius 1 is 0.224 bits per heavy atom. The van der Waals surface area contributed by atoms with Gasteiger partial charge in [-0.2, -0.15) is 136 Å². The van der Waals surface area contributed by atoms with E-state index in [9.17, 15) is 136 Å². The van der Waals surface area contributed by atoms with Crippen LogP contribution in [-0.4, -0.2) is 89.8 Å². The minimum atomic E-state index is -9.65. The molecule has 0 fully saturated rings. The zero-order valence-corrected chi connectivity index (χ0v) is 20.7. The summed E-state index contributed by atoms with van der Waals surface area (Å²) in [6.45, 7) is 0.667. The zero-order chi connectivity index (χ0) is 40.9. The molecule has 0 aromatic carbocycles. The third kappa shape index (κ3) is 6.32. The van der Waals surface area contributed by atoms with E-state index in [-0.39, 0.29) is 0 Å². The monoisotopic (exact) mass is 815 g/mol. The third-order valence-corrected chi connectivity index (χ3v) is 5.16. The molecule has 0 rings (SSSR count). The van der Waals surface area contributed by atoms with Gasteiger partial charge in [0.25, 0.3) is 0 Å². The molecule has 0 aromatic rings. The maximum absolute atomic E-state index is 13.6. The molecule has 0 amide bonds. The smallest absolute Gasteiger partial charge is 0.243 e. The molecular weight excluding hydrogens is 813 g/mol. The number of alkyl halides is 31. The van der Waals surface area contributed by atoms with E-state index in [1.807, 2.05) is 0 Å². The first-order valence-corrected chi connectivity index (χ1v) is 10.0. The number of rotatable bonds is 15. The normalized spacial score (nSPS) is 17.1. The van der Waals surface area contributed by atoms with Crippen molar-refractivity contribution >= 4 is 0 Å². The number of ether oxygens (including phenoxy) is 2. The largest absolute Gasteiger partial charge is 0.460 e. The predicted molar refractivity (Wildman–Crippen MR) is 82.8 cm³/mol. The first kappa shape index (κ1) is 46.8. The van der Waals surface area contributed by atoms with Gasteiger partial charge in [-0.1, -0.05) is 0 Å². The molecule has 0 atom stereocenters. The molecule has 0 bridgehead atoms. The summed E-state index contributed by atoms with van der Waals surface area (Å²) in [6, 6.07) is 0. The second-order valence-electron chi connectivity index (χ2n) is 8.64. The fourth-order valence-corrected chi connectivity index (χ4v) is 2.33. The van der Waals surface area contributed by atoms with Gasteiger partial charge in [-0.25, -0.2) is 9.47 Å². The molecule has 0 aliphatic rings. The number of halogens is 31. The van der Waals surface area contributed by atoms with Crippen LogP contribution in [0.5, 0.6) is 0 Å². The van der Waals surface area contributed by atoms with Crippen LogP contribution in [-0.2, 0) is 9.47 Å². The maximum Gasteiger partial charge on any atom is 0.460 e. The van der Waals surface area contributed by atoms with E-state index in [2.05, 4.69) is 0 Å². The predicted octanol–water partition coefficient (Wildman–Crippen LogP) is 10.1. The zero-order valence-electron chi connectivity index (χ0n) is 20.7. The van der Waals surface area contributed by atoms with Gasteiger partial charge in [0.05, 0.1) is 0 Å². The van der Waals surface area contributed by atoms with Crippen LogP contribution in [0.15, 0.2) is 0 Å². The van der Waals surface area contributed by atoms with E-state index in [0.717, 1.165) is 4.74 Å². The van der Waals surface area contributed by atoms with Crippen molar-refractivity contribution in [3.05, 3.63) is 6.92 Å². The van der Waals surface area contributed by atoms with Crippen LogP contribution >= 0.6 is 0 Å². The average molecular weight is 815 g/mol. The van der Waals surface area contributed by atoms with Gasteiger partial charge in [0.2, 0.25) is 0 Å². The first-order valence-electron chi connectivity index (χ1n) is 10.0. The Balaban J connectivity index is 7.06. The van der Waals surface area contributed by atoms with Gasteiger partial charge in [-0.3, -0.25) is 0 Å². The maximum atomic E-state index is 13.6. The fourth-order valence-electron chi connectivity index (χ4n) is 2.33. The lowest BCUT2D eigenvalue weighted by Crippen LogP contribution is -2.76. The summed E-state index contributed by atoms with van der Waals surface area (Å²) >= 11 is 0. The Labute approximate surface area is 244 Å². The van der Waals surface area contributed by atoms with Crippen molar-refractivity contribution in [2.75, 3.05) is 0 Å². The second-order valence-corrected chi connectivity index (χ2v) is 8.64. The molecule has 0 heterocycles. The summed E-state index contributed by atoms with van der Waals surface area (Å²) in [6.07, 6.45) is -42.9. The minimum absolute atomic E-state index is 0.667. The summed E-state index contributed by atoms with van der Waals surface area (Å²) < 4.78 is 408. The first-order chi connectivity index (χ1) is 20.4. The van der Waals surface area contributed by atoms with E-state index < -0.39 is 89.8 Å². The average Bonchev–Trinajstić information content (AvgIpc) is 2.79. The van der Waals surface area contributed by atoms with Crippen molar-refractivity contribution in [1.29, 1.82) is 0 Å². The van der Waals surface area contributed by atoms with Crippen molar-refractivity contribution < 1.29 is 146 Å². The Bertz CT molecular complexity index is 1180. The molecule has 0 saturated carbocycles. The van der Waals surface area contributed by atoms with Crippen LogP contribution in [0.3, 0.4) is 0 Å². The molecule has 0 unspecified atom stereocenters. The minimum Gasteiger partial charge on any atom is -0.243 e. The summed E-state index contributed by atoms with van der Waals surface area (Å²) in [5, 5.41) is 0. The highest BCUT2D eigenvalue weighted by Gasteiger charge is 2.97. The van der Waals surface area contributed by atoms with E-state index in [4.69, 9.17) is 0 Å². The Kier molecular flexibility index (Phi) is 10.9. The van der Waals surface area contributed by atoms with Crippen molar-refractivity contribution in [2.24, 2.45) is 0 Å². The van der Waals surface area contributed by atoms with Gasteiger partial charge < -0.3 is 0 Å². The van der Waals surface area contributed by atoms with Gasteiger partial charge in [0, 0.05) is 6.92 Å². The van der Waals surface area contributed by atoms with Crippen molar-refractivity contribution in [3.63, 3.8) is 0 Å². The fraction of sp³-hybridized carbons (Fsp3) is 0.938. The quantitative estimate of drug-likeness (QED) is 0.153. The number of hydrogen-bond acceptors (Lipinski definition) is 2. The van der Waals surface area contributed by atoms with Crippen LogP contribution in [0.2, 0.25) is 0 Å². The van der Waals surface area contributed by atoms with Crippen molar-refractivity contribution in [3.8, 4) is 0 Å². The molecule has 295 valence electrons. The van der Waals surface area contributed by atoms with Crippen molar-refractivity contribution in [2.45, 2.75) is 89.8 Å². The Morgan fingerprint density at radius 2 is 0.408 bits per heavy atom. The molecule has 0 N–H and O–H groups in total. The standard InChI is InChI=1S/C16H2F31O2/c1-2(17,18)3(19,20)4(21,22)5(23,24)6(25,26)7(27,28)8(29,30)10(33,34)13(40,41)48-15(44,45)16(46,47)49-14(42,43)11(35,36)9(31,32)12(37,38)39/h1H2. The SMILES string of the molecule is [CH2]C(F)(F)C(F)(F)C(F)(F)C(F)(F)C(F)(F)C(F)(F)C(F)(F)C(F)(F)C(F)(F)OC(F)(F)C(F)(F)OC(F)(F)C(F)(F)C(F)(F)C(F)(F)F. The van der Waals surface area contributed by atoms with Gasteiger partial charge in [0.1, 0.15) is 0 Å². The van der Waals surface area contributed by atoms with E-state index >= 15 is 0 Å². The van der Waals surface area contributed by atoms with Gasteiger partial charge in [-0.15, -0.1) is 0 Å². The Hall–Kier alpha value is -2.25. The van der Waals surface area contributed by atoms with Crippen LogP contribution in [0.25, 0.3) is 0 Å². The summed E-state index contributed by atoms with van der Waals surface area (Å²) in [5.41, 5.74) is 0. The second kappa shape index (κ2) is 11.4. The van der Waals surface area contributed by atoms with Gasteiger partial charge in [-0.05, 0) is 0 Å². The van der Waals surface area contributed by atoms with Crippen LogP contribution in [0.4, 0.5) is 136 Å². The summed E-state index contributed by atoms with van der Waals surface area (Å²) in [4.78, 5) is 0. The number of hydrogen-bond donors (Lipinski definition) is 0. The molecule has 0 aromatic heterocycles. The van der Waals surface area contributed by atoms with E-state index in [1.54, 1.807) is 0 Å². The molecule has 0 saturated heterocycles. The molecule has 0 spiro atoms. The highest BCUT2D eigenvalue weighted by molar-refractivity contribution is 5.17. The topological polar surface area (TPSA) is 18.5 Å². The molecule has 49 heavy (non-hydrogen) atoms. The van der Waals surface area contributed by atoms with Crippen LogP contribution in [0, 0.1) is 6.92 Å². The highest BCUT2D eigenvalue weighted by Crippen LogP contribution is 2.66. The lowest BCUT2D eigenvalue weighted by atomic mass is 9.87. The van der Waals surface area contributed by atoms with Crippen LogP contribution in [0.1, 0.15) is 0 Å². The summed E-state index contributed by atoms with van der Waals surface area (Å²) in [5.74, 6) is -88.8. The molecule has 1 radical (unpaired) electrons. The lowest BCUT2D eigenvalue weighted by molar-refractivity contribution is -0.560. The molecule has 33 heteroatoms. The molecule has 0 aliphatic heterocycles.